The standard InChI is InChI=1S/C7H8N2S.C2H6/c1-5-2-3-6-7(9-5)10-4-8-6;1-2/h2-3,8H,4H2,1H3;1-2H3. The highest BCUT2D eigenvalue weighted by Gasteiger charge is 2.10. The smallest absolute Gasteiger partial charge is 0.121 e. The summed E-state index contributed by atoms with van der Waals surface area (Å²) in [6.45, 7) is 6.01. The molecule has 0 fully saturated rings. The minimum Gasteiger partial charge on any atom is -0.373 e. The Morgan fingerprint density at radius 3 is 2.92 bits per heavy atom. The molecule has 2 heterocycles. The zero-order valence-corrected chi connectivity index (χ0v) is 8.53. The molecule has 1 aromatic heterocycles. The summed E-state index contributed by atoms with van der Waals surface area (Å²) in [6, 6.07) is 4.11. The number of fused-ring (bicyclic) bond motifs is 1. The van der Waals surface area contributed by atoms with E-state index in [1.54, 1.807) is 11.8 Å². The van der Waals surface area contributed by atoms with E-state index in [0.717, 1.165) is 16.6 Å². The van der Waals surface area contributed by atoms with Gasteiger partial charge in [0.25, 0.3) is 0 Å². The molecule has 0 bridgehead atoms. The van der Waals surface area contributed by atoms with Crippen molar-refractivity contribution >= 4 is 17.4 Å². The van der Waals surface area contributed by atoms with Crippen LogP contribution in [-0.4, -0.2) is 10.9 Å². The quantitative estimate of drug-likeness (QED) is 0.668. The monoisotopic (exact) mass is 182 g/mol. The van der Waals surface area contributed by atoms with Gasteiger partial charge in [-0.15, -0.1) is 0 Å². The van der Waals surface area contributed by atoms with Crippen LogP contribution in [0.15, 0.2) is 17.2 Å². The van der Waals surface area contributed by atoms with Crippen molar-refractivity contribution in [2.45, 2.75) is 25.8 Å². The SMILES string of the molecule is CC.Cc1ccc2c(n1)SCN2. The molecule has 0 unspecified atom stereocenters. The van der Waals surface area contributed by atoms with Gasteiger partial charge in [0.1, 0.15) is 5.03 Å². The summed E-state index contributed by atoms with van der Waals surface area (Å²) in [4.78, 5) is 4.35. The van der Waals surface area contributed by atoms with Gasteiger partial charge in [-0.1, -0.05) is 25.6 Å². The number of aryl methyl sites for hydroxylation is 1. The first-order chi connectivity index (χ1) is 5.86. The third-order valence-electron chi connectivity index (χ3n) is 1.47. The van der Waals surface area contributed by atoms with E-state index in [1.807, 2.05) is 26.8 Å². The maximum atomic E-state index is 4.35. The number of aromatic nitrogens is 1. The molecule has 0 saturated carbocycles. The Bertz CT molecular complexity index is 261. The minimum atomic E-state index is 0.964. The van der Waals surface area contributed by atoms with E-state index in [0.29, 0.717) is 0 Å². The van der Waals surface area contributed by atoms with Crippen molar-refractivity contribution in [3.05, 3.63) is 17.8 Å². The van der Waals surface area contributed by atoms with E-state index in [-0.39, 0.29) is 0 Å². The van der Waals surface area contributed by atoms with E-state index in [4.69, 9.17) is 0 Å². The summed E-state index contributed by atoms with van der Waals surface area (Å²) in [6.07, 6.45) is 0. The molecule has 1 aromatic rings. The molecule has 1 aliphatic rings. The van der Waals surface area contributed by atoms with Crippen LogP contribution < -0.4 is 5.32 Å². The van der Waals surface area contributed by atoms with Gasteiger partial charge in [0.05, 0.1) is 11.6 Å². The molecule has 3 heteroatoms. The van der Waals surface area contributed by atoms with Crippen molar-refractivity contribution < 1.29 is 0 Å². The third kappa shape index (κ3) is 1.91. The highest BCUT2D eigenvalue weighted by atomic mass is 32.2. The Balaban J connectivity index is 0.000000336. The molecule has 1 N–H and O–H groups in total. The summed E-state index contributed by atoms with van der Waals surface area (Å²) < 4.78 is 0. The molecule has 66 valence electrons. The first kappa shape index (κ1) is 9.39. The maximum absolute atomic E-state index is 4.35. The van der Waals surface area contributed by atoms with Gasteiger partial charge in [-0.25, -0.2) is 4.98 Å². The van der Waals surface area contributed by atoms with E-state index in [2.05, 4.69) is 16.4 Å². The van der Waals surface area contributed by atoms with Crippen LogP contribution in [0.1, 0.15) is 19.5 Å². The fourth-order valence-corrected chi connectivity index (χ4v) is 1.83. The van der Waals surface area contributed by atoms with Gasteiger partial charge < -0.3 is 5.32 Å². The predicted octanol–water partition coefficient (Wildman–Crippen LogP) is 2.89. The van der Waals surface area contributed by atoms with Crippen LogP contribution in [-0.2, 0) is 0 Å². The van der Waals surface area contributed by atoms with Crippen molar-refractivity contribution in [3.8, 4) is 0 Å². The zero-order valence-electron chi connectivity index (χ0n) is 7.72. The fraction of sp³-hybridized carbons (Fsp3) is 0.444. The fourth-order valence-electron chi connectivity index (χ4n) is 0.960. The van der Waals surface area contributed by atoms with Crippen LogP contribution in [0.5, 0.6) is 0 Å². The molecule has 1 aliphatic heterocycles. The number of nitrogens with zero attached hydrogens (tertiary/aromatic N) is 1. The number of anilines is 1. The predicted molar refractivity (Wildman–Crippen MR) is 54.7 cm³/mol. The lowest BCUT2D eigenvalue weighted by Gasteiger charge is -1.96. The molecule has 0 aliphatic carbocycles. The average molecular weight is 182 g/mol. The van der Waals surface area contributed by atoms with Crippen molar-refractivity contribution in [3.63, 3.8) is 0 Å². The molecule has 2 rings (SSSR count). The van der Waals surface area contributed by atoms with E-state index < -0.39 is 0 Å². The maximum Gasteiger partial charge on any atom is 0.121 e. The summed E-state index contributed by atoms with van der Waals surface area (Å²) >= 11 is 1.76. The number of hydrogen-bond donors (Lipinski definition) is 1. The van der Waals surface area contributed by atoms with Crippen LogP contribution in [0.25, 0.3) is 0 Å². The van der Waals surface area contributed by atoms with Gasteiger partial charge >= 0.3 is 0 Å². The van der Waals surface area contributed by atoms with Crippen molar-refractivity contribution in [2.75, 3.05) is 11.2 Å². The van der Waals surface area contributed by atoms with Crippen LogP contribution in [0.4, 0.5) is 5.69 Å². The van der Waals surface area contributed by atoms with E-state index in [1.165, 1.54) is 5.69 Å². The number of pyridine rings is 1. The lowest BCUT2D eigenvalue weighted by atomic mass is 10.3. The molecule has 0 saturated heterocycles. The molecule has 0 aromatic carbocycles. The van der Waals surface area contributed by atoms with Crippen LogP contribution in [0.3, 0.4) is 0 Å². The second-order valence-corrected chi connectivity index (χ2v) is 3.23. The molecule has 12 heavy (non-hydrogen) atoms. The van der Waals surface area contributed by atoms with Crippen LogP contribution in [0, 0.1) is 6.92 Å². The van der Waals surface area contributed by atoms with Gasteiger partial charge in [0, 0.05) is 5.69 Å². The first-order valence-corrected chi connectivity index (χ1v) is 5.19. The van der Waals surface area contributed by atoms with Crippen LogP contribution in [0.2, 0.25) is 0 Å². The normalized spacial score (nSPS) is 12.6. The molecular formula is C9H14N2S. The number of thioether (sulfide) groups is 1. The van der Waals surface area contributed by atoms with Gasteiger partial charge in [0.15, 0.2) is 0 Å². The second kappa shape index (κ2) is 4.36. The Kier molecular flexibility index (Phi) is 3.41. The number of hydrogen-bond acceptors (Lipinski definition) is 3. The first-order valence-electron chi connectivity index (χ1n) is 4.20. The molecule has 0 radical (unpaired) electrons. The van der Waals surface area contributed by atoms with Crippen molar-refractivity contribution in [2.24, 2.45) is 0 Å². The molecule has 0 amide bonds. The topological polar surface area (TPSA) is 24.9 Å². The lowest BCUT2D eigenvalue weighted by Crippen LogP contribution is -1.88. The Morgan fingerprint density at radius 1 is 1.42 bits per heavy atom. The van der Waals surface area contributed by atoms with Gasteiger partial charge in [-0.05, 0) is 19.1 Å². The van der Waals surface area contributed by atoms with Gasteiger partial charge in [-0.2, -0.15) is 0 Å². The Morgan fingerprint density at radius 2 is 2.17 bits per heavy atom. The highest BCUT2D eigenvalue weighted by Crippen LogP contribution is 2.31. The molecule has 0 spiro atoms. The average Bonchev–Trinajstić information content (AvgIpc) is 2.54. The van der Waals surface area contributed by atoms with E-state index in [9.17, 15) is 0 Å². The van der Waals surface area contributed by atoms with E-state index >= 15 is 0 Å². The minimum absolute atomic E-state index is 0.964. The highest BCUT2D eigenvalue weighted by molar-refractivity contribution is 7.99. The van der Waals surface area contributed by atoms with Crippen molar-refractivity contribution in [1.29, 1.82) is 0 Å². The summed E-state index contributed by atoms with van der Waals surface area (Å²) in [5, 5.41) is 4.37. The summed E-state index contributed by atoms with van der Waals surface area (Å²) in [5.41, 5.74) is 2.27. The van der Waals surface area contributed by atoms with Gasteiger partial charge in [-0.3, -0.25) is 0 Å². The van der Waals surface area contributed by atoms with Crippen LogP contribution >= 0.6 is 11.8 Å². The molecular weight excluding hydrogens is 168 g/mol. The van der Waals surface area contributed by atoms with Gasteiger partial charge in [0.2, 0.25) is 0 Å². The number of nitrogens with one attached hydrogen (secondary N) is 1. The molecule has 0 atom stereocenters. The van der Waals surface area contributed by atoms with Crippen molar-refractivity contribution in [1.82, 2.24) is 4.98 Å². The largest absolute Gasteiger partial charge is 0.373 e. The Hall–Kier alpha value is -0.700. The Labute approximate surface area is 77.8 Å². The molecule has 2 nitrogen and oxygen atoms in total. The third-order valence-corrected chi connectivity index (χ3v) is 2.34. The summed E-state index contributed by atoms with van der Waals surface area (Å²) in [7, 11) is 0. The zero-order chi connectivity index (χ0) is 8.97. The second-order valence-electron chi connectivity index (χ2n) is 2.27. The lowest BCUT2D eigenvalue weighted by molar-refractivity contribution is 1.08. The number of rotatable bonds is 0. The summed E-state index contributed by atoms with van der Waals surface area (Å²) in [5.74, 6) is 0.964.